The van der Waals surface area contributed by atoms with E-state index in [1.165, 1.54) is 0 Å². The van der Waals surface area contributed by atoms with E-state index in [0.717, 1.165) is 50.2 Å². The second-order valence-corrected chi connectivity index (χ2v) is 9.87. The number of likely N-dealkylation sites (N-methyl/N-ethyl adjacent to an activating group) is 1. The summed E-state index contributed by atoms with van der Waals surface area (Å²) < 4.78 is 1.10. The Morgan fingerprint density at radius 2 is 2.05 bits per heavy atom. The molecule has 1 aromatic heterocycles. The number of fused-ring (bicyclic) bond motifs is 1. The molecule has 5 N–H and O–H groups in total. The molecule has 1 amide bonds. The van der Waals surface area contributed by atoms with E-state index in [1.807, 2.05) is 54.8 Å². The van der Waals surface area contributed by atoms with Crippen molar-refractivity contribution in [2.75, 3.05) is 30.5 Å². The van der Waals surface area contributed by atoms with Crippen LogP contribution in [-0.2, 0) is 0 Å². The largest absolute Gasteiger partial charge is 0.398 e. The topological polar surface area (TPSA) is 108 Å². The Kier molecular flexibility index (Phi) is 6.85. The third-order valence-electron chi connectivity index (χ3n) is 6.51. The minimum absolute atomic E-state index is 0.269. The molecule has 0 unspecified atom stereocenters. The highest BCUT2D eigenvalue weighted by Crippen LogP contribution is 2.30. The van der Waals surface area contributed by atoms with Crippen LogP contribution in [0.5, 0.6) is 0 Å². The third-order valence-corrected chi connectivity index (χ3v) is 7.30. The quantitative estimate of drug-likeness (QED) is 0.381. The number of thiazole rings is 1. The molecule has 0 fully saturated rings. The first-order chi connectivity index (χ1) is 18.3. The van der Waals surface area contributed by atoms with Gasteiger partial charge in [0.15, 0.2) is 5.84 Å². The molecule has 8 nitrogen and oxygen atoms in total. The average molecular weight is 524 g/mol. The number of nitrogen functional groups attached to an aromatic ring is 1. The summed E-state index contributed by atoms with van der Waals surface area (Å²) in [7, 11) is 3.75. The molecule has 0 atom stereocenters. The number of carbonyl (C=O) groups excluding carboxylic acids is 1. The highest BCUT2D eigenvalue weighted by Gasteiger charge is 2.20. The summed E-state index contributed by atoms with van der Waals surface area (Å²) in [6.07, 6.45) is 9.02. The fourth-order valence-electron chi connectivity index (χ4n) is 4.28. The molecule has 0 radical (unpaired) electrons. The van der Waals surface area contributed by atoms with Gasteiger partial charge in [-0.05, 0) is 49.2 Å². The van der Waals surface area contributed by atoms with Crippen LogP contribution in [0.1, 0.15) is 27.9 Å². The Morgan fingerprint density at radius 3 is 2.84 bits per heavy atom. The van der Waals surface area contributed by atoms with E-state index in [2.05, 4.69) is 45.7 Å². The van der Waals surface area contributed by atoms with Crippen molar-refractivity contribution in [3.63, 3.8) is 0 Å². The summed E-state index contributed by atoms with van der Waals surface area (Å²) in [4.78, 5) is 24.3. The third kappa shape index (κ3) is 4.96. The zero-order chi connectivity index (χ0) is 26.8. The molecule has 0 bridgehead atoms. The van der Waals surface area contributed by atoms with Crippen molar-refractivity contribution in [1.29, 1.82) is 0 Å². The predicted octanol–water partition coefficient (Wildman–Crippen LogP) is 3.62. The predicted molar refractivity (Wildman–Crippen MR) is 158 cm³/mol. The number of hydrogen-bond acceptors (Lipinski definition) is 8. The van der Waals surface area contributed by atoms with Gasteiger partial charge in [0.05, 0.1) is 32.3 Å². The Morgan fingerprint density at radius 1 is 1.21 bits per heavy atom. The van der Waals surface area contributed by atoms with Gasteiger partial charge in [0, 0.05) is 48.6 Å². The number of anilines is 3. The highest BCUT2D eigenvalue weighted by molar-refractivity contribution is 7.07. The maximum Gasteiger partial charge on any atom is 0.257 e. The van der Waals surface area contributed by atoms with Crippen LogP contribution in [-0.4, -0.2) is 35.7 Å². The van der Waals surface area contributed by atoms with Crippen molar-refractivity contribution < 1.29 is 4.79 Å². The molecule has 2 heterocycles. The van der Waals surface area contributed by atoms with E-state index in [9.17, 15) is 4.79 Å². The maximum absolute atomic E-state index is 13.0. The van der Waals surface area contributed by atoms with Gasteiger partial charge in [0.2, 0.25) is 0 Å². The zero-order valence-electron chi connectivity index (χ0n) is 21.5. The smallest absolute Gasteiger partial charge is 0.257 e. The number of amides is 1. The van der Waals surface area contributed by atoms with E-state index in [-0.39, 0.29) is 5.91 Å². The van der Waals surface area contributed by atoms with Gasteiger partial charge in [-0.3, -0.25) is 4.79 Å². The number of carbonyl (C=O) groups is 1. The van der Waals surface area contributed by atoms with E-state index in [4.69, 9.17) is 10.7 Å². The summed E-state index contributed by atoms with van der Waals surface area (Å²) in [5.41, 5.74) is 14.6. The maximum atomic E-state index is 13.0. The Balaban J connectivity index is 1.42. The van der Waals surface area contributed by atoms with Gasteiger partial charge < -0.3 is 26.6 Å². The molecule has 9 heteroatoms. The molecule has 2 aromatic carbocycles. The van der Waals surface area contributed by atoms with Gasteiger partial charge in [0.1, 0.15) is 0 Å². The summed E-state index contributed by atoms with van der Waals surface area (Å²) in [6.45, 7) is 6.18. The van der Waals surface area contributed by atoms with Crippen molar-refractivity contribution in [1.82, 2.24) is 15.2 Å². The molecule has 3 aromatic rings. The SMILES string of the molecule is C=C1C(NC2=CCC=c3ncsc3=C2)=NC(c2cccc(NC(=O)c3ccc(NC)cc3N)c2C)=CN1C. The number of allylic oxidation sites excluding steroid dienone is 2. The normalized spacial score (nSPS) is 14.7. The molecule has 38 heavy (non-hydrogen) atoms. The number of nitrogens with two attached hydrogens (primary N) is 1. The summed E-state index contributed by atoms with van der Waals surface area (Å²) in [5, 5.41) is 10.5. The van der Waals surface area contributed by atoms with E-state index in [1.54, 1.807) is 30.5 Å². The summed E-state index contributed by atoms with van der Waals surface area (Å²) >= 11 is 1.60. The number of hydrogen-bond donors (Lipinski definition) is 4. The van der Waals surface area contributed by atoms with Crippen molar-refractivity contribution in [3.8, 4) is 0 Å². The van der Waals surface area contributed by atoms with Gasteiger partial charge in [-0.1, -0.05) is 30.9 Å². The van der Waals surface area contributed by atoms with Crippen LogP contribution in [0, 0.1) is 6.92 Å². The van der Waals surface area contributed by atoms with Gasteiger partial charge >= 0.3 is 0 Å². The van der Waals surface area contributed by atoms with Crippen molar-refractivity contribution >= 4 is 58.0 Å². The van der Waals surface area contributed by atoms with Crippen LogP contribution in [0.2, 0.25) is 0 Å². The summed E-state index contributed by atoms with van der Waals surface area (Å²) in [5.74, 6) is 0.390. The fraction of sp³-hybridized carbons (Fsp3) is 0.138. The number of aliphatic imine (C=N–C) groups is 1. The lowest BCUT2D eigenvalue weighted by Gasteiger charge is -2.26. The highest BCUT2D eigenvalue weighted by atomic mass is 32.1. The number of nitrogens with zero attached hydrogens (tertiary/aromatic N) is 3. The fourth-order valence-corrected chi connectivity index (χ4v) is 5.01. The molecular formula is C29H29N7OS. The molecule has 5 rings (SSSR count). The first-order valence-corrected chi connectivity index (χ1v) is 13.0. The minimum Gasteiger partial charge on any atom is -0.398 e. The van der Waals surface area contributed by atoms with E-state index >= 15 is 0 Å². The van der Waals surface area contributed by atoms with Gasteiger partial charge in [-0.2, -0.15) is 0 Å². The number of amidine groups is 1. The van der Waals surface area contributed by atoms with Crippen LogP contribution < -0.4 is 31.6 Å². The number of nitrogens with one attached hydrogen (secondary N) is 3. The van der Waals surface area contributed by atoms with Crippen LogP contribution in [0.4, 0.5) is 17.1 Å². The number of aromatic nitrogens is 1. The molecule has 2 aliphatic rings. The van der Waals surface area contributed by atoms with Crippen molar-refractivity contribution in [2.45, 2.75) is 13.3 Å². The monoisotopic (exact) mass is 523 g/mol. The van der Waals surface area contributed by atoms with Crippen LogP contribution in [0.15, 0.2) is 77.2 Å². The second kappa shape index (κ2) is 10.4. The van der Waals surface area contributed by atoms with E-state index < -0.39 is 0 Å². The Bertz CT molecular complexity index is 1660. The molecule has 0 saturated heterocycles. The average Bonchev–Trinajstić information content (AvgIpc) is 3.25. The van der Waals surface area contributed by atoms with Crippen molar-refractivity contribution in [3.05, 3.63) is 98.7 Å². The Hall–Kier alpha value is -4.63. The van der Waals surface area contributed by atoms with Crippen LogP contribution >= 0.6 is 11.3 Å². The second-order valence-electron chi connectivity index (χ2n) is 8.99. The minimum atomic E-state index is -0.269. The molecule has 192 valence electrons. The lowest BCUT2D eigenvalue weighted by molar-refractivity contribution is 0.102. The lowest BCUT2D eigenvalue weighted by atomic mass is 10.0. The molecule has 1 aliphatic heterocycles. The number of rotatable bonds is 5. The molecule has 1 aliphatic carbocycles. The van der Waals surface area contributed by atoms with Gasteiger partial charge in [-0.15, -0.1) is 11.3 Å². The standard InChI is InChI=1S/C29H29N7OS/c1-17-21(8-6-9-24(17)35-29(37)22-12-11-19(31-3)13-23(22)30)26-15-36(4)18(2)28(34-26)33-20-7-5-10-25-27(14-20)38-16-32-25/h6-16,31H,2,5,30H2,1,3-4H3,(H,33,34)(H,35,37). The lowest BCUT2D eigenvalue weighted by Crippen LogP contribution is -2.33. The summed E-state index contributed by atoms with van der Waals surface area (Å²) in [6, 6.07) is 11.0. The van der Waals surface area contributed by atoms with Crippen molar-refractivity contribution in [2.24, 2.45) is 4.99 Å². The number of benzene rings is 2. The molecule has 0 spiro atoms. The van der Waals surface area contributed by atoms with Gasteiger partial charge in [-0.25, -0.2) is 9.98 Å². The van der Waals surface area contributed by atoms with Gasteiger partial charge in [0.25, 0.3) is 5.91 Å². The van der Waals surface area contributed by atoms with Crippen LogP contribution in [0.3, 0.4) is 0 Å². The van der Waals surface area contributed by atoms with Crippen LogP contribution in [0.25, 0.3) is 17.8 Å². The van der Waals surface area contributed by atoms with E-state index in [0.29, 0.717) is 22.8 Å². The molecule has 0 saturated carbocycles. The molecular weight excluding hydrogens is 494 g/mol. The first-order valence-electron chi connectivity index (χ1n) is 12.1. The first kappa shape index (κ1) is 25.0. The Labute approximate surface area is 225 Å². The zero-order valence-corrected chi connectivity index (χ0v) is 22.3.